The van der Waals surface area contributed by atoms with Gasteiger partial charge in [-0.25, -0.2) is 0 Å². The lowest BCUT2D eigenvalue weighted by Gasteiger charge is -2.07. The number of non-ortho nitro benzene ring substituents is 1. The fourth-order valence-electron chi connectivity index (χ4n) is 2.25. The first kappa shape index (κ1) is 19.2. The van der Waals surface area contributed by atoms with Crippen molar-refractivity contribution in [3.05, 3.63) is 82.8 Å². The molecule has 0 fully saturated rings. The van der Waals surface area contributed by atoms with Crippen molar-refractivity contribution in [2.24, 2.45) is 0 Å². The van der Waals surface area contributed by atoms with E-state index in [1.54, 1.807) is 48.5 Å². The molecule has 28 heavy (non-hydrogen) atoms. The zero-order valence-corrected chi connectivity index (χ0v) is 15.3. The van der Waals surface area contributed by atoms with Crippen LogP contribution in [0.1, 0.15) is 10.6 Å². The monoisotopic (exact) mass is 397 g/mol. The minimum atomic E-state index is -0.470. The molecule has 1 heterocycles. The molecule has 0 atom stereocenters. The van der Waals surface area contributed by atoms with Crippen molar-refractivity contribution in [3.8, 4) is 0 Å². The van der Waals surface area contributed by atoms with E-state index in [-0.39, 0.29) is 29.0 Å². The van der Waals surface area contributed by atoms with Crippen LogP contribution in [0.2, 0.25) is 0 Å². The van der Waals surface area contributed by atoms with E-state index in [1.807, 2.05) is 0 Å². The van der Waals surface area contributed by atoms with Gasteiger partial charge in [0.1, 0.15) is 0 Å². The van der Waals surface area contributed by atoms with Crippen LogP contribution >= 0.6 is 11.8 Å². The van der Waals surface area contributed by atoms with E-state index < -0.39 is 4.92 Å². The van der Waals surface area contributed by atoms with Crippen molar-refractivity contribution in [2.75, 3.05) is 16.4 Å². The molecule has 0 saturated heterocycles. The zero-order valence-electron chi connectivity index (χ0n) is 14.5. The van der Waals surface area contributed by atoms with Crippen LogP contribution in [0.4, 0.5) is 17.1 Å². The SMILES string of the molecule is O=C(CSc1ccc([N+](=O)[O-])cc1)Nc1ccc(NC(=O)c2ccco2)cc1. The fourth-order valence-corrected chi connectivity index (χ4v) is 2.95. The summed E-state index contributed by atoms with van der Waals surface area (Å²) in [5.74, 6) is -0.202. The van der Waals surface area contributed by atoms with E-state index >= 15 is 0 Å². The molecule has 2 amide bonds. The Morgan fingerprint density at radius 2 is 1.61 bits per heavy atom. The zero-order chi connectivity index (χ0) is 19.9. The van der Waals surface area contributed by atoms with E-state index in [4.69, 9.17) is 4.42 Å². The summed E-state index contributed by atoms with van der Waals surface area (Å²) in [6.45, 7) is 0. The Morgan fingerprint density at radius 1 is 0.964 bits per heavy atom. The van der Waals surface area contributed by atoms with Crippen molar-refractivity contribution < 1.29 is 18.9 Å². The second-order valence-electron chi connectivity index (χ2n) is 5.60. The molecular formula is C19H15N3O5S. The maximum Gasteiger partial charge on any atom is 0.291 e. The Bertz CT molecular complexity index is 970. The van der Waals surface area contributed by atoms with Gasteiger partial charge in [0.2, 0.25) is 5.91 Å². The largest absolute Gasteiger partial charge is 0.459 e. The summed E-state index contributed by atoms with van der Waals surface area (Å²) in [7, 11) is 0. The number of nitrogens with zero attached hydrogens (tertiary/aromatic N) is 1. The number of carbonyl (C=O) groups is 2. The topological polar surface area (TPSA) is 114 Å². The summed E-state index contributed by atoms with van der Waals surface area (Å²) in [6.07, 6.45) is 1.42. The summed E-state index contributed by atoms with van der Waals surface area (Å²) in [4.78, 5) is 34.9. The van der Waals surface area contributed by atoms with Crippen LogP contribution in [0.3, 0.4) is 0 Å². The maximum absolute atomic E-state index is 12.1. The first-order valence-electron chi connectivity index (χ1n) is 8.13. The van der Waals surface area contributed by atoms with Crippen LogP contribution in [0, 0.1) is 10.1 Å². The molecule has 3 aromatic rings. The average Bonchev–Trinajstić information content (AvgIpc) is 3.23. The molecule has 2 N–H and O–H groups in total. The number of rotatable bonds is 7. The molecule has 0 radical (unpaired) electrons. The number of thioether (sulfide) groups is 1. The van der Waals surface area contributed by atoms with E-state index in [1.165, 1.54) is 30.2 Å². The molecule has 0 bridgehead atoms. The normalized spacial score (nSPS) is 10.3. The van der Waals surface area contributed by atoms with E-state index in [0.29, 0.717) is 11.4 Å². The highest BCUT2D eigenvalue weighted by Crippen LogP contribution is 2.22. The summed E-state index contributed by atoms with van der Waals surface area (Å²) in [6, 6.07) is 15.9. The van der Waals surface area contributed by atoms with Crippen LogP contribution < -0.4 is 10.6 Å². The molecule has 0 saturated carbocycles. The van der Waals surface area contributed by atoms with Crippen LogP contribution in [-0.4, -0.2) is 22.5 Å². The lowest BCUT2D eigenvalue weighted by Crippen LogP contribution is -2.14. The summed E-state index contributed by atoms with van der Waals surface area (Å²) in [5.41, 5.74) is 1.16. The standard InChI is InChI=1S/C19H15N3O5S/c23-18(12-28-16-9-7-15(8-10-16)22(25)26)20-13-3-5-14(6-4-13)21-19(24)17-2-1-11-27-17/h1-11H,12H2,(H,20,23)(H,21,24). The van der Waals surface area contributed by atoms with Gasteiger partial charge < -0.3 is 15.1 Å². The molecule has 0 aliphatic heterocycles. The molecule has 0 unspecified atom stereocenters. The number of nitro benzene ring substituents is 1. The van der Waals surface area contributed by atoms with Gasteiger partial charge >= 0.3 is 0 Å². The third kappa shape index (κ3) is 5.21. The van der Waals surface area contributed by atoms with Gasteiger partial charge in [-0.15, -0.1) is 11.8 Å². The number of nitrogens with one attached hydrogen (secondary N) is 2. The molecular weight excluding hydrogens is 382 g/mol. The van der Waals surface area contributed by atoms with Gasteiger partial charge in [0.25, 0.3) is 11.6 Å². The number of furan rings is 1. The van der Waals surface area contributed by atoms with Gasteiger partial charge in [-0.3, -0.25) is 19.7 Å². The van der Waals surface area contributed by atoms with E-state index in [9.17, 15) is 19.7 Å². The molecule has 3 rings (SSSR count). The fraction of sp³-hybridized carbons (Fsp3) is 0.0526. The Balaban J connectivity index is 1.48. The van der Waals surface area contributed by atoms with Gasteiger partial charge in [0, 0.05) is 28.4 Å². The van der Waals surface area contributed by atoms with Crippen LogP contribution in [0.25, 0.3) is 0 Å². The number of nitro groups is 1. The lowest BCUT2D eigenvalue weighted by atomic mass is 10.2. The molecule has 8 nitrogen and oxygen atoms in total. The number of hydrogen-bond acceptors (Lipinski definition) is 6. The van der Waals surface area contributed by atoms with Crippen molar-refractivity contribution in [2.45, 2.75) is 4.90 Å². The molecule has 9 heteroatoms. The predicted molar refractivity (Wildman–Crippen MR) is 106 cm³/mol. The summed E-state index contributed by atoms with van der Waals surface area (Å²) in [5, 5.41) is 16.1. The Labute approximate surface area is 164 Å². The van der Waals surface area contributed by atoms with Crippen molar-refractivity contribution >= 4 is 40.6 Å². The second-order valence-corrected chi connectivity index (χ2v) is 6.65. The predicted octanol–water partition coefficient (Wildman–Crippen LogP) is 4.17. The quantitative estimate of drug-likeness (QED) is 0.351. The number of carbonyl (C=O) groups excluding carboxylic acids is 2. The number of benzene rings is 2. The minimum absolute atomic E-state index is 0.00743. The Hall–Kier alpha value is -3.59. The second kappa shape index (κ2) is 8.87. The molecule has 142 valence electrons. The summed E-state index contributed by atoms with van der Waals surface area (Å²) < 4.78 is 5.02. The third-order valence-corrected chi connectivity index (χ3v) is 4.60. The number of anilines is 2. The highest BCUT2D eigenvalue weighted by atomic mass is 32.2. The molecule has 0 aliphatic rings. The van der Waals surface area contributed by atoms with Gasteiger partial charge in [-0.2, -0.15) is 0 Å². The number of amides is 2. The van der Waals surface area contributed by atoms with Crippen molar-refractivity contribution in [1.29, 1.82) is 0 Å². The average molecular weight is 397 g/mol. The third-order valence-electron chi connectivity index (χ3n) is 3.59. The van der Waals surface area contributed by atoms with Crippen LogP contribution in [0.5, 0.6) is 0 Å². The highest BCUT2D eigenvalue weighted by molar-refractivity contribution is 8.00. The van der Waals surface area contributed by atoms with Crippen LogP contribution in [0.15, 0.2) is 76.2 Å². The van der Waals surface area contributed by atoms with Crippen molar-refractivity contribution in [1.82, 2.24) is 0 Å². The summed E-state index contributed by atoms with van der Waals surface area (Å²) >= 11 is 1.28. The lowest BCUT2D eigenvalue weighted by molar-refractivity contribution is -0.384. The van der Waals surface area contributed by atoms with E-state index in [0.717, 1.165) is 4.90 Å². The maximum atomic E-state index is 12.1. The smallest absolute Gasteiger partial charge is 0.291 e. The molecule has 1 aromatic heterocycles. The Morgan fingerprint density at radius 3 is 2.18 bits per heavy atom. The first-order valence-corrected chi connectivity index (χ1v) is 9.12. The first-order chi connectivity index (χ1) is 13.5. The molecule has 2 aromatic carbocycles. The van der Waals surface area contributed by atoms with Gasteiger partial charge in [-0.1, -0.05) is 0 Å². The van der Waals surface area contributed by atoms with Gasteiger partial charge in [0.05, 0.1) is 16.9 Å². The Kier molecular flexibility index (Phi) is 6.07. The highest BCUT2D eigenvalue weighted by Gasteiger charge is 2.09. The molecule has 0 spiro atoms. The number of hydrogen-bond donors (Lipinski definition) is 2. The van der Waals surface area contributed by atoms with E-state index in [2.05, 4.69) is 10.6 Å². The molecule has 0 aliphatic carbocycles. The van der Waals surface area contributed by atoms with Crippen molar-refractivity contribution in [3.63, 3.8) is 0 Å². The van der Waals surface area contributed by atoms with Crippen LogP contribution in [-0.2, 0) is 4.79 Å². The van der Waals surface area contributed by atoms with Gasteiger partial charge in [0.15, 0.2) is 5.76 Å². The minimum Gasteiger partial charge on any atom is -0.459 e. The van der Waals surface area contributed by atoms with Gasteiger partial charge in [-0.05, 0) is 48.5 Å².